The highest BCUT2D eigenvalue weighted by molar-refractivity contribution is 7.79. The lowest BCUT2D eigenvalue weighted by molar-refractivity contribution is -0.155. The number of fused-ring (bicyclic) bond motifs is 6. The number of likely N-dealkylation sites (N-methyl/N-ethyl adjacent to an activating group) is 2. The number of carbonyl (C=O) groups excluding carboxylic acids is 6. The molecule has 420 valence electrons. The molecule has 2 amide bonds. The number of benzene rings is 2. The normalized spacial score (nSPS) is 26.6. The molecule has 2 aromatic rings. The van der Waals surface area contributed by atoms with Crippen molar-refractivity contribution in [3.8, 4) is 11.5 Å². The van der Waals surface area contributed by atoms with Gasteiger partial charge in [-0.25, -0.2) is 0 Å². The molecule has 0 saturated heterocycles. The van der Waals surface area contributed by atoms with Crippen molar-refractivity contribution >= 4 is 79.6 Å². The van der Waals surface area contributed by atoms with Gasteiger partial charge in [-0.1, -0.05) is 0 Å². The molecule has 6 aliphatic carbocycles. The lowest BCUT2D eigenvalue weighted by atomic mass is 9.57. The third-order valence-corrected chi connectivity index (χ3v) is 15.7. The number of hydrogen-bond donors (Lipinski definition) is 14. The van der Waals surface area contributed by atoms with Gasteiger partial charge in [-0.15, -0.1) is 0 Å². The average Bonchev–Trinajstić information content (AvgIpc) is 3.31. The fourth-order valence-electron chi connectivity index (χ4n) is 12.3. The summed E-state index contributed by atoms with van der Waals surface area (Å²) in [6.07, 6.45) is 0.506. The molecule has 27 heteroatoms. The molecule has 26 nitrogen and oxygen atoms in total. The second-order valence-electron chi connectivity index (χ2n) is 20.1. The number of nitrogen functional groups attached to an aromatic ring is 2. The van der Waals surface area contributed by atoms with Crippen molar-refractivity contribution in [2.45, 2.75) is 76.7 Å². The summed E-state index contributed by atoms with van der Waals surface area (Å²) in [5.41, 5.74) is 17.9. The van der Waals surface area contributed by atoms with E-state index in [-0.39, 0.29) is 59.3 Å². The van der Waals surface area contributed by atoms with E-state index in [0.29, 0.717) is 48.7 Å². The largest absolute Gasteiger partial charge is 0.508 e. The number of nitrogens with zero attached hydrogens (tertiary/aromatic N) is 4. The molecule has 0 aromatic heterocycles. The summed E-state index contributed by atoms with van der Waals surface area (Å²) in [7, 11) is 1.58. The first-order valence-electron chi connectivity index (χ1n) is 24.4. The standard InChI is InChI=1S/2C25H32N4O7.H2O4S/c2*1-5-29(6-2)14-9-13(26)19(30)16-11(14)7-10-8-12-18(28(3)4)21(32)17(24(27)35)23(34)25(12,36)22(33)15(10)20(16)31;1-5(2,3)4/h2*9-10,12,18,30-31,34,36H,5-8,26H2,1-4H3,(H2,27,35);(H2,1,2,3,4)/t2*10?,12?,18-,25?;/m00./s1. The predicted octanol–water partition coefficient (Wildman–Crippen LogP) is 0.132. The molecule has 0 aliphatic heterocycles. The number of Topliss-reactive ketones (excluding diaryl/α,β-unsaturated/α-hetero) is 4. The number of rotatable bonds is 10. The van der Waals surface area contributed by atoms with Crippen LogP contribution in [0, 0.1) is 23.7 Å². The number of phenolic OH excluding ortho intramolecular Hbond substituents is 2. The van der Waals surface area contributed by atoms with Gasteiger partial charge in [-0.05, 0) is 117 Å². The van der Waals surface area contributed by atoms with Gasteiger partial charge in [0.05, 0.1) is 34.6 Å². The topological polar surface area (TPSA) is 456 Å². The van der Waals surface area contributed by atoms with Gasteiger partial charge in [0.15, 0.2) is 22.8 Å². The van der Waals surface area contributed by atoms with Gasteiger partial charge >= 0.3 is 10.4 Å². The molecule has 8 rings (SSSR count). The van der Waals surface area contributed by atoms with Crippen molar-refractivity contribution in [3.63, 3.8) is 0 Å². The molecule has 0 heterocycles. The number of aliphatic hydroxyl groups is 6. The van der Waals surface area contributed by atoms with Crippen molar-refractivity contribution < 1.29 is 87.1 Å². The van der Waals surface area contributed by atoms with Crippen molar-refractivity contribution in [3.05, 3.63) is 68.2 Å². The predicted molar refractivity (Wildman–Crippen MR) is 279 cm³/mol. The zero-order valence-electron chi connectivity index (χ0n) is 43.5. The number of hydrogen-bond acceptors (Lipinski definition) is 22. The van der Waals surface area contributed by atoms with E-state index in [4.69, 9.17) is 40.5 Å². The van der Waals surface area contributed by atoms with Gasteiger partial charge in [0.25, 0.3) is 11.8 Å². The zero-order chi connectivity index (χ0) is 58.2. The number of primary amides is 2. The Morgan fingerprint density at radius 3 is 1.13 bits per heavy atom. The molecule has 2 fully saturated rings. The van der Waals surface area contributed by atoms with Crippen LogP contribution in [0.2, 0.25) is 0 Å². The second-order valence-corrected chi connectivity index (χ2v) is 21.0. The molecule has 6 unspecified atom stereocenters. The van der Waals surface area contributed by atoms with Crippen molar-refractivity contribution in [2.75, 3.05) is 75.6 Å². The first kappa shape index (κ1) is 59.0. The molecule has 0 radical (unpaired) electrons. The highest BCUT2D eigenvalue weighted by Gasteiger charge is 2.66. The molecular formula is C50H66N8O18S. The van der Waals surface area contributed by atoms with Gasteiger partial charge in [0.2, 0.25) is 11.6 Å². The van der Waals surface area contributed by atoms with Crippen LogP contribution in [0.5, 0.6) is 11.5 Å². The maximum atomic E-state index is 13.8. The van der Waals surface area contributed by atoms with Crippen LogP contribution >= 0.6 is 0 Å². The van der Waals surface area contributed by atoms with Crippen molar-refractivity contribution in [2.24, 2.45) is 35.1 Å². The number of aromatic hydroxyl groups is 2. The van der Waals surface area contributed by atoms with E-state index in [1.807, 2.05) is 37.5 Å². The Morgan fingerprint density at radius 2 is 0.883 bits per heavy atom. The average molecular weight is 1100 g/mol. The van der Waals surface area contributed by atoms with Crippen LogP contribution in [0.25, 0.3) is 11.5 Å². The van der Waals surface area contributed by atoms with E-state index in [1.54, 1.807) is 40.3 Å². The third-order valence-electron chi connectivity index (χ3n) is 15.7. The highest BCUT2D eigenvalue weighted by Crippen LogP contribution is 2.56. The number of phenols is 2. The Labute approximate surface area is 442 Å². The SMILES string of the molecule is CCN(CC)c1cc(N)c(O)c2c1CC1CC3[C@H](N(C)C)C(=O)C(C(N)=O)=C(O)C3(O)C(=O)C1=C2O.CCN(CC)c1cc(N)c(O)c2c1CC1CC3[C@H](N(C)C)C(=O)C(C(N)=O)=C(O)C3(O)C(=O)C1=C2O.O=S(=O)(O)O. The zero-order valence-corrected chi connectivity index (χ0v) is 44.3. The number of ketones is 4. The van der Waals surface area contributed by atoms with Crippen LogP contribution in [-0.4, -0.2) is 181 Å². The number of carbonyl (C=O) groups is 6. The number of nitrogens with two attached hydrogens (primary N) is 4. The van der Waals surface area contributed by atoms with Crippen LogP contribution in [-0.2, 0) is 52.0 Å². The van der Waals surface area contributed by atoms with E-state index in [2.05, 4.69) is 0 Å². The molecule has 77 heavy (non-hydrogen) atoms. The highest BCUT2D eigenvalue weighted by atomic mass is 32.3. The minimum atomic E-state index is -4.67. The van der Waals surface area contributed by atoms with E-state index in [0.717, 1.165) is 0 Å². The van der Waals surface area contributed by atoms with Crippen LogP contribution in [0.3, 0.4) is 0 Å². The van der Waals surface area contributed by atoms with E-state index in [1.165, 1.54) is 9.80 Å². The monoisotopic (exact) mass is 1100 g/mol. The Balaban J connectivity index is 0.000000229. The summed E-state index contributed by atoms with van der Waals surface area (Å²) < 4.78 is 31.6. The van der Waals surface area contributed by atoms with Crippen LogP contribution in [0.15, 0.2) is 45.9 Å². The van der Waals surface area contributed by atoms with Crippen LogP contribution < -0.4 is 32.7 Å². The lowest BCUT2D eigenvalue weighted by Crippen LogP contribution is -2.65. The summed E-state index contributed by atoms with van der Waals surface area (Å²) in [5.74, 6) is -13.8. The first-order chi connectivity index (χ1) is 35.6. The summed E-state index contributed by atoms with van der Waals surface area (Å²) in [6.45, 7) is 10.3. The maximum Gasteiger partial charge on any atom is 0.394 e. The van der Waals surface area contributed by atoms with Crippen molar-refractivity contribution in [1.29, 1.82) is 0 Å². The number of anilines is 4. The van der Waals surface area contributed by atoms with Crippen LogP contribution in [0.4, 0.5) is 22.7 Å². The number of amides is 2. The van der Waals surface area contributed by atoms with Gasteiger partial charge in [-0.2, -0.15) is 8.42 Å². The summed E-state index contributed by atoms with van der Waals surface area (Å²) >= 11 is 0. The fraction of sp³-hybridized carbons (Fsp3) is 0.480. The molecule has 0 spiro atoms. The Bertz CT molecular complexity index is 2940. The summed E-state index contributed by atoms with van der Waals surface area (Å²) in [6, 6.07) is 1.01. The minimum Gasteiger partial charge on any atom is -0.508 e. The lowest BCUT2D eigenvalue weighted by Gasteiger charge is -2.50. The maximum absolute atomic E-state index is 13.8. The molecule has 8 atom stereocenters. The quantitative estimate of drug-likeness (QED) is 0.0651. The molecule has 6 aliphatic rings. The molecule has 2 saturated carbocycles. The van der Waals surface area contributed by atoms with Crippen molar-refractivity contribution in [1.82, 2.24) is 9.80 Å². The van der Waals surface area contributed by atoms with Gasteiger partial charge in [-0.3, -0.25) is 47.7 Å². The van der Waals surface area contributed by atoms with Gasteiger partial charge < -0.3 is 73.6 Å². The third kappa shape index (κ3) is 9.37. The van der Waals surface area contributed by atoms with Crippen LogP contribution in [0.1, 0.15) is 62.8 Å². The fourth-order valence-corrected chi connectivity index (χ4v) is 12.3. The summed E-state index contributed by atoms with van der Waals surface area (Å²) in [5, 5.41) is 89.2. The van der Waals surface area contributed by atoms with Gasteiger partial charge in [0, 0.05) is 60.5 Å². The molecule has 18 N–H and O–H groups in total. The second kappa shape index (κ2) is 20.9. The molecular weight excluding hydrogens is 1030 g/mol. The Kier molecular flexibility index (Phi) is 16.0. The van der Waals surface area contributed by atoms with Gasteiger partial charge in [0.1, 0.15) is 45.7 Å². The molecule has 0 bridgehead atoms. The molecule has 2 aromatic carbocycles. The Hall–Kier alpha value is -7.27. The minimum absolute atomic E-state index is 0.00631. The Morgan fingerprint density at radius 1 is 0.597 bits per heavy atom. The number of aliphatic hydroxyl groups excluding tert-OH is 4. The van der Waals surface area contributed by atoms with E-state index in [9.17, 15) is 69.6 Å². The van der Waals surface area contributed by atoms with E-state index >= 15 is 0 Å². The summed E-state index contributed by atoms with van der Waals surface area (Å²) in [4.78, 5) is 85.1. The smallest absolute Gasteiger partial charge is 0.394 e. The first-order valence-corrected chi connectivity index (χ1v) is 25.8. The van der Waals surface area contributed by atoms with E-state index < -0.39 is 138 Å².